The van der Waals surface area contributed by atoms with Crippen LogP contribution in [-0.2, 0) is 7.05 Å². The van der Waals surface area contributed by atoms with Crippen molar-refractivity contribution in [1.82, 2.24) is 24.6 Å². The zero-order valence-corrected chi connectivity index (χ0v) is 21.4. The number of nitrogens with one attached hydrogen (secondary N) is 1. The summed E-state index contributed by atoms with van der Waals surface area (Å²) in [5, 5.41) is 7.41. The smallest absolute Gasteiger partial charge is 0.257 e. The average molecular weight is 515 g/mol. The molecule has 1 aliphatic heterocycles. The van der Waals surface area contributed by atoms with Gasteiger partial charge in [-0.25, -0.2) is 4.98 Å². The fourth-order valence-electron chi connectivity index (χ4n) is 4.56. The Morgan fingerprint density at radius 1 is 0.973 bits per heavy atom. The SMILES string of the molecule is Cc1ccc(C(=O)N2CCC(c3ccc(-c4cnn(C)c4)nc3)CC2)cc1NC(=O)c1ccc(Cl)nc1. The summed E-state index contributed by atoms with van der Waals surface area (Å²) in [7, 11) is 1.89. The van der Waals surface area contributed by atoms with Crippen molar-refractivity contribution in [2.24, 2.45) is 7.05 Å². The van der Waals surface area contributed by atoms with Crippen molar-refractivity contribution in [2.75, 3.05) is 18.4 Å². The quantitative estimate of drug-likeness (QED) is 0.373. The van der Waals surface area contributed by atoms with Crippen LogP contribution in [0.1, 0.15) is 50.6 Å². The van der Waals surface area contributed by atoms with Gasteiger partial charge < -0.3 is 10.2 Å². The van der Waals surface area contributed by atoms with Crippen LogP contribution >= 0.6 is 11.6 Å². The van der Waals surface area contributed by atoms with E-state index in [4.69, 9.17) is 11.6 Å². The fourth-order valence-corrected chi connectivity index (χ4v) is 4.68. The van der Waals surface area contributed by atoms with E-state index in [0.29, 0.717) is 41.0 Å². The first-order chi connectivity index (χ1) is 17.9. The molecule has 1 aromatic carbocycles. The van der Waals surface area contributed by atoms with Crippen molar-refractivity contribution in [1.29, 1.82) is 0 Å². The lowest BCUT2D eigenvalue weighted by Gasteiger charge is -2.32. The highest BCUT2D eigenvalue weighted by Crippen LogP contribution is 2.30. The molecule has 1 aliphatic rings. The number of nitrogens with zero attached hydrogens (tertiary/aromatic N) is 5. The van der Waals surface area contributed by atoms with Gasteiger partial charge in [-0.2, -0.15) is 5.10 Å². The Balaban J connectivity index is 1.21. The molecule has 3 aromatic heterocycles. The van der Waals surface area contributed by atoms with Gasteiger partial charge in [0.15, 0.2) is 0 Å². The van der Waals surface area contributed by atoms with Gasteiger partial charge in [0, 0.05) is 55.5 Å². The highest BCUT2D eigenvalue weighted by Gasteiger charge is 2.25. The number of carbonyl (C=O) groups is 2. The van der Waals surface area contributed by atoms with E-state index in [1.165, 1.54) is 11.8 Å². The number of benzene rings is 1. The first-order valence-electron chi connectivity index (χ1n) is 12.1. The molecule has 1 N–H and O–H groups in total. The average Bonchev–Trinajstić information content (AvgIpc) is 3.36. The molecule has 9 heteroatoms. The molecule has 37 heavy (non-hydrogen) atoms. The van der Waals surface area contributed by atoms with E-state index >= 15 is 0 Å². The molecule has 0 unspecified atom stereocenters. The molecule has 0 atom stereocenters. The van der Waals surface area contributed by atoms with Crippen LogP contribution < -0.4 is 5.32 Å². The van der Waals surface area contributed by atoms with Crippen LogP contribution in [0, 0.1) is 6.92 Å². The van der Waals surface area contributed by atoms with Crippen molar-refractivity contribution in [3.63, 3.8) is 0 Å². The van der Waals surface area contributed by atoms with Crippen LogP contribution in [-0.4, -0.2) is 49.6 Å². The molecular weight excluding hydrogens is 488 g/mol. The Bertz CT molecular complexity index is 1420. The molecular formula is C28H27ClN6O2. The zero-order valence-electron chi connectivity index (χ0n) is 20.7. The molecule has 1 saturated heterocycles. The molecule has 5 rings (SSSR count). The van der Waals surface area contributed by atoms with E-state index in [2.05, 4.69) is 26.4 Å². The van der Waals surface area contributed by atoms with Crippen LogP contribution in [0.5, 0.6) is 0 Å². The second-order valence-electron chi connectivity index (χ2n) is 9.30. The minimum Gasteiger partial charge on any atom is -0.339 e. The summed E-state index contributed by atoms with van der Waals surface area (Å²) in [4.78, 5) is 36.4. The predicted molar refractivity (Wildman–Crippen MR) is 143 cm³/mol. The fraction of sp³-hybridized carbons (Fsp3) is 0.250. The number of carbonyl (C=O) groups excluding carboxylic acids is 2. The highest BCUT2D eigenvalue weighted by molar-refractivity contribution is 6.29. The second kappa shape index (κ2) is 10.5. The van der Waals surface area contributed by atoms with E-state index in [-0.39, 0.29) is 11.8 Å². The van der Waals surface area contributed by atoms with E-state index in [1.54, 1.807) is 22.9 Å². The van der Waals surface area contributed by atoms with Gasteiger partial charge in [-0.05, 0) is 67.1 Å². The topological polar surface area (TPSA) is 93.0 Å². The summed E-state index contributed by atoms with van der Waals surface area (Å²) in [5.74, 6) is 0.0216. The second-order valence-corrected chi connectivity index (χ2v) is 9.69. The molecule has 0 bridgehead atoms. The molecule has 0 radical (unpaired) electrons. The summed E-state index contributed by atoms with van der Waals surface area (Å²) in [6.07, 6.45) is 8.87. The number of piperidine rings is 1. The Labute approximate surface area is 220 Å². The molecule has 2 amide bonds. The largest absolute Gasteiger partial charge is 0.339 e. The first kappa shape index (κ1) is 24.6. The Hall–Kier alpha value is -4.04. The molecule has 188 valence electrons. The number of hydrogen-bond donors (Lipinski definition) is 1. The van der Waals surface area contributed by atoms with Gasteiger partial charge in [0.1, 0.15) is 5.15 Å². The standard InChI is InChI=1S/C28H27ClN6O2/c1-18-3-4-20(13-25(18)33-27(36)22-6-8-26(29)31-15-22)28(37)35-11-9-19(10-12-35)21-5-7-24(30-14-21)23-16-32-34(2)17-23/h3-8,13-17,19H,9-12H2,1-2H3,(H,33,36). The lowest BCUT2D eigenvalue weighted by molar-refractivity contribution is 0.0712. The monoisotopic (exact) mass is 514 g/mol. The zero-order chi connectivity index (χ0) is 25.9. The van der Waals surface area contributed by atoms with Gasteiger partial charge in [0.2, 0.25) is 0 Å². The van der Waals surface area contributed by atoms with Crippen LogP contribution in [0.2, 0.25) is 5.15 Å². The van der Waals surface area contributed by atoms with Crippen molar-refractivity contribution in [2.45, 2.75) is 25.7 Å². The number of halogens is 1. The van der Waals surface area contributed by atoms with Crippen LogP contribution in [0.15, 0.2) is 67.3 Å². The van der Waals surface area contributed by atoms with Crippen LogP contribution in [0.4, 0.5) is 5.69 Å². The van der Waals surface area contributed by atoms with Crippen molar-refractivity contribution >= 4 is 29.1 Å². The molecule has 4 aromatic rings. The predicted octanol–water partition coefficient (Wildman–Crippen LogP) is 5.11. The maximum atomic E-state index is 13.3. The molecule has 0 saturated carbocycles. The number of anilines is 1. The Morgan fingerprint density at radius 2 is 1.76 bits per heavy atom. The normalized spacial score (nSPS) is 14.0. The Morgan fingerprint density at radius 3 is 2.41 bits per heavy atom. The number of aryl methyl sites for hydroxylation is 2. The van der Waals surface area contributed by atoms with E-state index in [0.717, 1.165) is 29.7 Å². The third-order valence-corrected chi connectivity index (χ3v) is 6.99. The summed E-state index contributed by atoms with van der Waals surface area (Å²) >= 11 is 5.81. The minimum absolute atomic E-state index is 0.0350. The number of amides is 2. The summed E-state index contributed by atoms with van der Waals surface area (Å²) < 4.78 is 1.76. The number of rotatable bonds is 5. The molecule has 0 aliphatic carbocycles. The first-order valence-corrected chi connectivity index (χ1v) is 12.5. The van der Waals surface area contributed by atoms with E-state index in [1.807, 2.05) is 55.7 Å². The van der Waals surface area contributed by atoms with Crippen molar-refractivity contribution in [3.8, 4) is 11.3 Å². The maximum absolute atomic E-state index is 13.3. The maximum Gasteiger partial charge on any atom is 0.257 e. The number of aromatic nitrogens is 4. The van der Waals surface area contributed by atoms with Gasteiger partial charge >= 0.3 is 0 Å². The van der Waals surface area contributed by atoms with Gasteiger partial charge in [0.05, 0.1) is 17.5 Å². The highest BCUT2D eigenvalue weighted by atomic mass is 35.5. The van der Waals surface area contributed by atoms with Crippen LogP contribution in [0.3, 0.4) is 0 Å². The number of likely N-dealkylation sites (tertiary alicyclic amines) is 1. The summed E-state index contributed by atoms with van der Waals surface area (Å²) in [5.41, 5.74) is 5.50. The third kappa shape index (κ3) is 5.54. The molecule has 1 fully saturated rings. The third-order valence-electron chi connectivity index (χ3n) is 6.76. The number of hydrogen-bond acceptors (Lipinski definition) is 5. The Kier molecular flexibility index (Phi) is 7.01. The van der Waals surface area contributed by atoms with Crippen molar-refractivity contribution in [3.05, 3.63) is 94.7 Å². The van der Waals surface area contributed by atoms with Gasteiger partial charge in [-0.3, -0.25) is 19.3 Å². The molecule has 4 heterocycles. The van der Waals surface area contributed by atoms with Crippen LogP contribution in [0.25, 0.3) is 11.3 Å². The lowest BCUT2D eigenvalue weighted by Crippen LogP contribution is -2.38. The summed E-state index contributed by atoms with van der Waals surface area (Å²) in [6.45, 7) is 3.23. The van der Waals surface area contributed by atoms with Crippen molar-refractivity contribution < 1.29 is 9.59 Å². The lowest BCUT2D eigenvalue weighted by atomic mass is 9.90. The van der Waals surface area contributed by atoms with E-state index in [9.17, 15) is 9.59 Å². The van der Waals surface area contributed by atoms with Gasteiger partial charge in [0.25, 0.3) is 11.8 Å². The summed E-state index contributed by atoms with van der Waals surface area (Å²) in [6, 6.07) is 12.7. The number of pyridine rings is 2. The minimum atomic E-state index is -0.305. The molecule has 8 nitrogen and oxygen atoms in total. The van der Waals surface area contributed by atoms with Gasteiger partial charge in [-0.15, -0.1) is 0 Å². The van der Waals surface area contributed by atoms with Gasteiger partial charge in [-0.1, -0.05) is 23.7 Å². The molecule has 0 spiro atoms. The van der Waals surface area contributed by atoms with E-state index < -0.39 is 0 Å².